The van der Waals surface area contributed by atoms with Gasteiger partial charge >= 0.3 is 0 Å². The molecule has 3 nitrogen and oxygen atoms in total. The average molecular weight is 233 g/mol. The second kappa shape index (κ2) is 6.09. The Morgan fingerprint density at radius 2 is 2.07 bits per heavy atom. The Labute approximate surface area is 96.6 Å². The van der Waals surface area contributed by atoms with E-state index in [0.29, 0.717) is 6.54 Å². The molecule has 0 amide bonds. The van der Waals surface area contributed by atoms with E-state index >= 15 is 0 Å². The summed E-state index contributed by atoms with van der Waals surface area (Å²) in [4.78, 5) is 0. The number of thioether (sulfide) groups is 1. The Balaban J connectivity index is 2.28. The molecule has 0 spiro atoms. The van der Waals surface area contributed by atoms with E-state index in [1.165, 1.54) is 6.42 Å². The number of aliphatic hydroxyl groups is 2. The molecule has 3 atom stereocenters. The van der Waals surface area contributed by atoms with Crippen LogP contribution in [-0.2, 0) is 0 Å². The van der Waals surface area contributed by atoms with Crippen LogP contribution in [0.2, 0.25) is 0 Å². The molecule has 0 aromatic carbocycles. The third-order valence-corrected chi connectivity index (χ3v) is 3.84. The van der Waals surface area contributed by atoms with Crippen LogP contribution >= 0.6 is 11.8 Å². The maximum atomic E-state index is 9.97. The van der Waals surface area contributed by atoms with Crippen molar-refractivity contribution in [3.63, 3.8) is 0 Å². The fourth-order valence-corrected chi connectivity index (χ4v) is 2.79. The maximum absolute atomic E-state index is 9.97. The quantitative estimate of drug-likeness (QED) is 0.663. The van der Waals surface area contributed by atoms with Crippen molar-refractivity contribution in [2.24, 2.45) is 0 Å². The van der Waals surface area contributed by atoms with Gasteiger partial charge in [0, 0.05) is 18.3 Å². The van der Waals surface area contributed by atoms with Crippen molar-refractivity contribution in [2.45, 2.75) is 50.4 Å². The van der Waals surface area contributed by atoms with E-state index in [1.54, 1.807) is 11.8 Å². The molecule has 1 unspecified atom stereocenters. The van der Waals surface area contributed by atoms with Gasteiger partial charge in [-0.2, -0.15) is 11.8 Å². The van der Waals surface area contributed by atoms with E-state index in [9.17, 15) is 10.2 Å². The predicted octanol–water partition coefficient (Wildman–Crippen LogP) is 0.993. The van der Waals surface area contributed by atoms with E-state index in [1.807, 2.05) is 13.2 Å². The zero-order chi connectivity index (χ0) is 11.3. The normalized spacial score (nSPS) is 31.2. The van der Waals surface area contributed by atoms with E-state index in [2.05, 4.69) is 5.32 Å². The second-order valence-corrected chi connectivity index (χ2v) is 5.64. The number of nitrogens with one attached hydrogen (secondary N) is 1. The van der Waals surface area contributed by atoms with Gasteiger partial charge < -0.3 is 15.5 Å². The highest BCUT2D eigenvalue weighted by Crippen LogP contribution is 2.19. The molecule has 0 heterocycles. The van der Waals surface area contributed by atoms with Gasteiger partial charge in [-0.05, 0) is 26.0 Å². The summed E-state index contributed by atoms with van der Waals surface area (Å²) < 4.78 is 0. The average Bonchev–Trinajstić information content (AvgIpc) is 2.16. The van der Waals surface area contributed by atoms with Crippen molar-refractivity contribution < 1.29 is 10.2 Å². The molecule has 90 valence electrons. The molecule has 0 aromatic heterocycles. The zero-order valence-corrected chi connectivity index (χ0v) is 10.5. The maximum Gasteiger partial charge on any atom is 0.0833 e. The molecule has 1 fully saturated rings. The molecule has 15 heavy (non-hydrogen) atoms. The SMILES string of the molecule is CSCC(C)(O)CN[C@@H]1CCCC[C@H]1O. The van der Waals surface area contributed by atoms with Gasteiger partial charge in [0.25, 0.3) is 0 Å². The van der Waals surface area contributed by atoms with Crippen LogP contribution in [0.15, 0.2) is 0 Å². The van der Waals surface area contributed by atoms with Crippen molar-refractivity contribution >= 4 is 11.8 Å². The van der Waals surface area contributed by atoms with Gasteiger partial charge in [-0.25, -0.2) is 0 Å². The molecule has 1 aliphatic carbocycles. The Morgan fingerprint density at radius 1 is 1.40 bits per heavy atom. The minimum atomic E-state index is -0.670. The topological polar surface area (TPSA) is 52.5 Å². The Kier molecular flexibility index (Phi) is 5.39. The smallest absolute Gasteiger partial charge is 0.0833 e. The largest absolute Gasteiger partial charge is 0.392 e. The molecular weight excluding hydrogens is 210 g/mol. The number of hydrogen-bond acceptors (Lipinski definition) is 4. The van der Waals surface area contributed by atoms with Crippen molar-refractivity contribution in [3.8, 4) is 0 Å². The summed E-state index contributed by atoms with van der Waals surface area (Å²) in [7, 11) is 0. The Hall–Kier alpha value is 0.230. The molecule has 0 saturated heterocycles. The molecule has 0 radical (unpaired) electrons. The van der Waals surface area contributed by atoms with E-state index in [4.69, 9.17) is 0 Å². The van der Waals surface area contributed by atoms with Gasteiger partial charge in [0.1, 0.15) is 0 Å². The molecule has 1 rings (SSSR count). The highest BCUT2D eigenvalue weighted by molar-refractivity contribution is 7.98. The Bertz CT molecular complexity index is 187. The lowest BCUT2D eigenvalue weighted by Crippen LogP contribution is -2.49. The number of aliphatic hydroxyl groups excluding tert-OH is 1. The van der Waals surface area contributed by atoms with Crippen molar-refractivity contribution in [1.29, 1.82) is 0 Å². The fraction of sp³-hybridized carbons (Fsp3) is 1.00. The molecule has 1 saturated carbocycles. The van der Waals surface area contributed by atoms with Crippen molar-refractivity contribution in [1.82, 2.24) is 5.32 Å². The van der Waals surface area contributed by atoms with Crippen molar-refractivity contribution in [2.75, 3.05) is 18.6 Å². The van der Waals surface area contributed by atoms with Crippen LogP contribution in [0.5, 0.6) is 0 Å². The summed E-state index contributed by atoms with van der Waals surface area (Å²) in [5.41, 5.74) is -0.670. The first-order valence-electron chi connectivity index (χ1n) is 5.68. The molecule has 3 N–H and O–H groups in total. The predicted molar refractivity (Wildman–Crippen MR) is 65.3 cm³/mol. The van der Waals surface area contributed by atoms with Crippen LogP contribution in [0.3, 0.4) is 0 Å². The second-order valence-electron chi connectivity index (χ2n) is 4.77. The minimum Gasteiger partial charge on any atom is -0.392 e. The van der Waals surface area contributed by atoms with Crippen LogP contribution in [0, 0.1) is 0 Å². The van der Waals surface area contributed by atoms with Crippen molar-refractivity contribution in [3.05, 3.63) is 0 Å². The third-order valence-electron chi connectivity index (χ3n) is 2.93. The number of hydrogen-bond donors (Lipinski definition) is 3. The summed E-state index contributed by atoms with van der Waals surface area (Å²) in [6, 6.07) is 0.173. The molecule has 0 bridgehead atoms. The van der Waals surface area contributed by atoms with Gasteiger partial charge in [-0.15, -0.1) is 0 Å². The van der Waals surface area contributed by atoms with Gasteiger partial charge in [0.05, 0.1) is 11.7 Å². The van der Waals surface area contributed by atoms with Gasteiger partial charge in [0.2, 0.25) is 0 Å². The van der Waals surface area contributed by atoms with Crippen LogP contribution in [-0.4, -0.2) is 46.5 Å². The monoisotopic (exact) mass is 233 g/mol. The summed E-state index contributed by atoms with van der Waals surface area (Å²) in [5.74, 6) is 0.725. The van der Waals surface area contributed by atoms with Gasteiger partial charge in [-0.3, -0.25) is 0 Å². The van der Waals surface area contributed by atoms with E-state index < -0.39 is 5.60 Å². The van der Waals surface area contributed by atoms with Gasteiger partial charge in [0.15, 0.2) is 0 Å². The first-order chi connectivity index (χ1) is 7.05. The van der Waals surface area contributed by atoms with Crippen LogP contribution in [0.4, 0.5) is 0 Å². The molecule has 0 aliphatic heterocycles. The molecule has 1 aliphatic rings. The summed E-state index contributed by atoms with van der Waals surface area (Å²) >= 11 is 1.64. The minimum absolute atomic E-state index is 0.173. The van der Waals surface area contributed by atoms with E-state index in [-0.39, 0.29) is 12.1 Å². The first kappa shape index (κ1) is 13.3. The summed E-state index contributed by atoms with van der Waals surface area (Å²) in [5, 5.41) is 23.0. The highest BCUT2D eigenvalue weighted by atomic mass is 32.2. The molecular formula is C11H23NO2S. The first-order valence-corrected chi connectivity index (χ1v) is 7.07. The fourth-order valence-electron chi connectivity index (χ4n) is 2.06. The number of rotatable bonds is 5. The standard InChI is InChI=1S/C11H23NO2S/c1-11(14,8-15-2)7-12-9-5-3-4-6-10(9)13/h9-10,12-14H,3-8H2,1-2H3/t9-,10-,11?/m1/s1. The molecule has 0 aromatic rings. The third kappa shape index (κ3) is 4.72. The van der Waals surface area contributed by atoms with Crippen LogP contribution in [0.25, 0.3) is 0 Å². The van der Waals surface area contributed by atoms with Crippen LogP contribution in [0.1, 0.15) is 32.6 Å². The lowest BCUT2D eigenvalue weighted by molar-refractivity contribution is 0.0527. The lowest BCUT2D eigenvalue weighted by Gasteiger charge is -2.32. The van der Waals surface area contributed by atoms with Gasteiger partial charge in [-0.1, -0.05) is 12.8 Å². The summed E-state index contributed by atoms with van der Waals surface area (Å²) in [6.07, 6.45) is 5.98. The molecule has 4 heteroatoms. The zero-order valence-electron chi connectivity index (χ0n) is 9.70. The lowest BCUT2D eigenvalue weighted by atomic mass is 9.92. The van der Waals surface area contributed by atoms with E-state index in [0.717, 1.165) is 25.0 Å². The van der Waals surface area contributed by atoms with Crippen LogP contribution < -0.4 is 5.32 Å². The Morgan fingerprint density at radius 3 is 2.67 bits per heavy atom. The summed E-state index contributed by atoms with van der Waals surface area (Å²) in [6.45, 7) is 2.40. The highest BCUT2D eigenvalue weighted by Gasteiger charge is 2.26.